The summed E-state index contributed by atoms with van der Waals surface area (Å²) in [6.07, 6.45) is 7.22. The fraction of sp³-hybridized carbons (Fsp3) is 0.267. The van der Waals surface area contributed by atoms with Gasteiger partial charge in [-0.05, 0) is 60.7 Å². The van der Waals surface area contributed by atoms with Crippen molar-refractivity contribution in [2.24, 2.45) is 5.92 Å². The molecule has 0 saturated carbocycles. The number of imidazole rings is 1. The predicted molar refractivity (Wildman–Crippen MR) is 76.8 cm³/mol. The van der Waals surface area contributed by atoms with E-state index in [0.717, 1.165) is 30.5 Å². The lowest BCUT2D eigenvalue weighted by Crippen LogP contribution is -2.04. The molecule has 0 bridgehead atoms. The van der Waals surface area contributed by atoms with Gasteiger partial charge in [0, 0.05) is 11.9 Å². The summed E-state index contributed by atoms with van der Waals surface area (Å²) in [5, 5.41) is 0. The SMILES string of the molecule is Fc1cccc(C2=CCCC2Cc2c[nH]c(=S)[nH]2)c1. The Balaban J connectivity index is 1.83. The maximum absolute atomic E-state index is 13.3. The Bertz CT molecular complexity index is 669. The van der Waals surface area contributed by atoms with Crippen LogP contribution >= 0.6 is 12.2 Å². The molecule has 0 spiro atoms. The fourth-order valence-corrected chi connectivity index (χ4v) is 2.93. The highest BCUT2D eigenvalue weighted by molar-refractivity contribution is 7.71. The summed E-state index contributed by atoms with van der Waals surface area (Å²) in [6.45, 7) is 0. The van der Waals surface area contributed by atoms with E-state index in [1.54, 1.807) is 12.1 Å². The summed E-state index contributed by atoms with van der Waals surface area (Å²) >= 11 is 5.04. The standard InChI is InChI=1S/C15H15FN2S/c16-12-5-1-3-10(7-12)14-6-2-4-11(14)8-13-9-17-15(19)18-13/h1,3,5-7,9,11H,2,4,8H2,(H2,17,18,19). The van der Waals surface area contributed by atoms with Gasteiger partial charge in [-0.2, -0.15) is 0 Å². The first-order valence-electron chi connectivity index (χ1n) is 6.45. The Kier molecular flexibility index (Phi) is 3.34. The number of rotatable bonds is 3. The van der Waals surface area contributed by atoms with Gasteiger partial charge < -0.3 is 9.97 Å². The molecule has 19 heavy (non-hydrogen) atoms. The van der Waals surface area contributed by atoms with Crippen LogP contribution in [0.1, 0.15) is 24.1 Å². The number of hydrogen-bond donors (Lipinski definition) is 2. The molecular weight excluding hydrogens is 259 g/mol. The van der Waals surface area contributed by atoms with Crippen molar-refractivity contribution in [2.45, 2.75) is 19.3 Å². The van der Waals surface area contributed by atoms with Gasteiger partial charge in [0.2, 0.25) is 0 Å². The average molecular weight is 274 g/mol. The van der Waals surface area contributed by atoms with Gasteiger partial charge in [0.15, 0.2) is 4.77 Å². The molecule has 1 aliphatic rings. The zero-order valence-corrected chi connectivity index (χ0v) is 11.3. The first-order chi connectivity index (χ1) is 9.22. The van der Waals surface area contributed by atoms with Gasteiger partial charge in [0.05, 0.1) is 0 Å². The Morgan fingerprint density at radius 1 is 1.37 bits per heavy atom. The molecule has 2 aromatic rings. The van der Waals surface area contributed by atoms with E-state index in [0.29, 0.717) is 10.7 Å². The van der Waals surface area contributed by atoms with E-state index < -0.39 is 0 Å². The number of halogens is 1. The van der Waals surface area contributed by atoms with E-state index in [1.807, 2.05) is 12.3 Å². The highest BCUT2D eigenvalue weighted by atomic mass is 32.1. The molecule has 1 unspecified atom stereocenters. The average Bonchev–Trinajstić information content (AvgIpc) is 2.99. The highest BCUT2D eigenvalue weighted by Crippen LogP contribution is 2.35. The van der Waals surface area contributed by atoms with Crippen LogP contribution in [0.2, 0.25) is 0 Å². The first-order valence-corrected chi connectivity index (χ1v) is 6.86. The second-order valence-corrected chi connectivity index (χ2v) is 5.32. The van der Waals surface area contributed by atoms with Gasteiger partial charge in [-0.15, -0.1) is 0 Å². The second kappa shape index (κ2) is 5.13. The van der Waals surface area contributed by atoms with Crippen LogP contribution < -0.4 is 0 Å². The summed E-state index contributed by atoms with van der Waals surface area (Å²) in [7, 11) is 0. The molecule has 1 aliphatic carbocycles. The van der Waals surface area contributed by atoms with E-state index >= 15 is 0 Å². The largest absolute Gasteiger partial charge is 0.337 e. The maximum atomic E-state index is 13.3. The van der Waals surface area contributed by atoms with Crippen molar-refractivity contribution in [2.75, 3.05) is 0 Å². The van der Waals surface area contributed by atoms with Gasteiger partial charge in [-0.25, -0.2) is 4.39 Å². The molecule has 0 saturated heterocycles. The number of H-pyrrole nitrogens is 2. The van der Waals surface area contributed by atoms with E-state index in [1.165, 1.54) is 11.6 Å². The Morgan fingerprint density at radius 2 is 2.26 bits per heavy atom. The third-order valence-corrected chi connectivity index (χ3v) is 3.81. The summed E-state index contributed by atoms with van der Waals surface area (Å²) in [4.78, 5) is 6.13. The predicted octanol–water partition coefficient (Wildman–Crippen LogP) is 4.25. The summed E-state index contributed by atoms with van der Waals surface area (Å²) < 4.78 is 14.0. The normalized spacial score (nSPS) is 18.6. The lowest BCUT2D eigenvalue weighted by atomic mass is 9.91. The summed E-state index contributed by atoms with van der Waals surface area (Å²) in [5.74, 6) is 0.258. The number of allylic oxidation sites excluding steroid dienone is 2. The minimum absolute atomic E-state index is 0.176. The van der Waals surface area contributed by atoms with Gasteiger partial charge in [-0.3, -0.25) is 0 Å². The Hall–Kier alpha value is -1.68. The topological polar surface area (TPSA) is 31.6 Å². The van der Waals surface area contributed by atoms with Crippen molar-refractivity contribution < 1.29 is 4.39 Å². The number of aromatic nitrogens is 2. The van der Waals surface area contributed by atoms with E-state index in [4.69, 9.17) is 12.2 Å². The van der Waals surface area contributed by atoms with E-state index in [2.05, 4.69) is 16.0 Å². The molecule has 1 heterocycles. The number of aromatic amines is 2. The summed E-state index contributed by atoms with van der Waals surface area (Å²) in [5.41, 5.74) is 3.36. The van der Waals surface area contributed by atoms with E-state index in [-0.39, 0.29) is 5.82 Å². The van der Waals surface area contributed by atoms with Crippen molar-refractivity contribution in [1.82, 2.24) is 9.97 Å². The third kappa shape index (κ3) is 2.68. The van der Waals surface area contributed by atoms with Crippen LogP contribution in [0.4, 0.5) is 4.39 Å². The number of nitrogens with one attached hydrogen (secondary N) is 2. The monoisotopic (exact) mass is 274 g/mol. The van der Waals surface area contributed by atoms with Crippen LogP contribution in [0.15, 0.2) is 36.5 Å². The minimum Gasteiger partial charge on any atom is -0.337 e. The van der Waals surface area contributed by atoms with Crippen molar-refractivity contribution in [3.8, 4) is 0 Å². The highest BCUT2D eigenvalue weighted by Gasteiger charge is 2.21. The molecule has 1 aromatic carbocycles. The zero-order valence-electron chi connectivity index (χ0n) is 10.4. The molecule has 1 atom stereocenters. The quantitative estimate of drug-likeness (QED) is 0.806. The lowest BCUT2D eigenvalue weighted by molar-refractivity contribution is 0.622. The second-order valence-electron chi connectivity index (χ2n) is 4.92. The molecule has 1 aromatic heterocycles. The van der Waals surface area contributed by atoms with Crippen molar-refractivity contribution >= 4 is 17.8 Å². The molecule has 3 rings (SSSR count). The summed E-state index contributed by atoms with van der Waals surface area (Å²) in [6, 6.07) is 6.85. The van der Waals surface area contributed by atoms with Crippen molar-refractivity contribution in [3.63, 3.8) is 0 Å². The smallest absolute Gasteiger partial charge is 0.174 e. The van der Waals surface area contributed by atoms with Crippen molar-refractivity contribution in [3.05, 3.63) is 58.4 Å². The minimum atomic E-state index is -0.176. The van der Waals surface area contributed by atoms with Crippen LogP contribution in [-0.4, -0.2) is 9.97 Å². The van der Waals surface area contributed by atoms with Crippen LogP contribution in [0.25, 0.3) is 5.57 Å². The lowest BCUT2D eigenvalue weighted by Gasteiger charge is -2.14. The molecule has 2 N–H and O–H groups in total. The van der Waals surface area contributed by atoms with Gasteiger partial charge in [0.1, 0.15) is 5.82 Å². The number of benzene rings is 1. The molecule has 0 fully saturated rings. The van der Waals surface area contributed by atoms with Crippen LogP contribution in [0, 0.1) is 16.5 Å². The molecule has 2 nitrogen and oxygen atoms in total. The van der Waals surface area contributed by atoms with Crippen molar-refractivity contribution in [1.29, 1.82) is 0 Å². The molecule has 0 amide bonds. The third-order valence-electron chi connectivity index (χ3n) is 3.60. The van der Waals surface area contributed by atoms with E-state index in [9.17, 15) is 4.39 Å². The van der Waals surface area contributed by atoms with Crippen LogP contribution in [0.3, 0.4) is 0 Å². The number of hydrogen-bond acceptors (Lipinski definition) is 1. The molecule has 0 radical (unpaired) electrons. The first kappa shape index (κ1) is 12.4. The fourth-order valence-electron chi connectivity index (χ4n) is 2.74. The maximum Gasteiger partial charge on any atom is 0.174 e. The Labute approximate surface area is 116 Å². The molecule has 4 heteroatoms. The van der Waals surface area contributed by atoms with Gasteiger partial charge >= 0.3 is 0 Å². The van der Waals surface area contributed by atoms with Gasteiger partial charge in [-0.1, -0.05) is 18.2 Å². The van der Waals surface area contributed by atoms with Gasteiger partial charge in [0.25, 0.3) is 0 Å². The molecule has 0 aliphatic heterocycles. The molecular formula is C15H15FN2S. The molecule has 98 valence electrons. The zero-order chi connectivity index (χ0) is 13.2. The van der Waals surface area contributed by atoms with Crippen LogP contribution in [0.5, 0.6) is 0 Å². The van der Waals surface area contributed by atoms with Crippen LogP contribution in [-0.2, 0) is 6.42 Å². The Morgan fingerprint density at radius 3 is 3.00 bits per heavy atom.